The molecule has 7 nitrogen and oxygen atoms in total. The third-order valence-electron chi connectivity index (χ3n) is 2.78. The Bertz CT molecular complexity index is 669. The minimum atomic E-state index is -0.898. The zero-order valence-corrected chi connectivity index (χ0v) is 14.6. The number of rotatable bonds is 8. The van der Waals surface area contributed by atoms with Crippen LogP contribution in [0.1, 0.15) is 11.4 Å². The second-order valence-electron chi connectivity index (χ2n) is 4.78. The van der Waals surface area contributed by atoms with Crippen LogP contribution >= 0.6 is 11.5 Å². The summed E-state index contributed by atoms with van der Waals surface area (Å²) >= 11 is 0.135. The molecule has 1 atom stereocenters. The number of aromatic nitrogens is 2. The zero-order valence-electron chi connectivity index (χ0n) is 13.0. The second-order valence-corrected chi connectivity index (χ2v) is 7.09. The average molecular weight is 372 g/mol. The maximum absolute atomic E-state index is 13.0. The number of ether oxygens (including phenoxy) is 1. The number of hydrogen-bond acceptors (Lipinski definition) is 6. The van der Waals surface area contributed by atoms with Gasteiger partial charge in [-0.25, -0.2) is 14.2 Å². The Labute approximate surface area is 146 Å². The number of benzene rings is 1. The number of amides is 2. The lowest BCUT2D eigenvalue weighted by atomic mass is 10.2. The monoisotopic (exact) mass is 372 g/mol. The first-order chi connectivity index (χ1) is 11.5. The Morgan fingerprint density at radius 2 is 2.33 bits per heavy atom. The van der Waals surface area contributed by atoms with Gasteiger partial charge in [-0.15, -0.1) is 0 Å². The van der Waals surface area contributed by atoms with E-state index in [0.717, 1.165) is 11.5 Å². The SMILES string of the molecule is C[S+]([O-])CCOCc1nsc(NC(=O)NCc2cccc(F)c2)n1. The highest BCUT2D eigenvalue weighted by molar-refractivity contribution is 7.90. The molecule has 0 aliphatic rings. The molecule has 1 aromatic carbocycles. The standard InChI is InChI=1S/C14H17FN4O3S2/c1-24(21)6-5-22-9-12-17-14(23-19-12)18-13(20)16-8-10-3-2-4-11(15)7-10/h2-4,7H,5-6,8-9H2,1H3,(H2,16,17,18,19,20). The number of carbonyl (C=O) groups excluding carboxylic acids is 1. The van der Waals surface area contributed by atoms with Gasteiger partial charge in [0.05, 0.1) is 12.9 Å². The summed E-state index contributed by atoms with van der Waals surface area (Å²) in [5.41, 5.74) is 0.657. The number of nitrogens with zero attached hydrogens (tertiary/aromatic N) is 2. The summed E-state index contributed by atoms with van der Waals surface area (Å²) in [6.07, 6.45) is 1.61. The minimum absolute atomic E-state index is 0.195. The van der Waals surface area contributed by atoms with Gasteiger partial charge in [0.15, 0.2) is 5.82 Å². The van der Waals surface area contributed by atoms with Crippen molar-refractivity contribution in [1.29, 1.82) is 0 Å². The molecule has 0 fully saturated rings. The van der Waals surface area contributed by atoms with Gasteiger partial charge in [-0.3, -0.25) is 5.32 Å². The van der Waals surface area contributed by atoms with Gasteiger partial charge in [0, 0.05) is 18.1 Å². The molecule has 0 aliphatic carbocycles. The van der Waals surface area contributed by atoms with Gasteiger partial charge < -0.3 is 14.6 Å². The number of nitrogens with one attached hydrogen (secondary N) is 2. The quantitative estimate of drug-likeness (QED) is 0.545. The molecule has 10 heteroatoms. The molecule has 0 radical (unpaired) electrons. The third-order valence-corrected chi connectivity index (χ3v) is 4.19. The highest BCUT2D eigenvalue weighted by Gasteiger charge is 2.08. The van der Waals surface area contributed by atoms with Crippen molar-refractivity contribution in [2.45, 2.75) is 13.2 Å². The highest BCUT2D eigenvalue weighted by atomic mass is 32.2. The predicted molar refractivity (Wildman–Crippen MR) is 90.8 cm³/mol. The number of urea groups is 1. The fourth-order valence-corrected chi connectivity index (χ4v) is 2.60. The molecule has 0 spiro atoms. The smallest absolute Gasteiger partial charge is 0.321 e. The molecule has 0 saturated carbocycles. The molecule has 2 N–H and O–H groups in total. The molecular weight excluding hydrogens is 355 g/mol. The maximum atomic E-state index is 13.0. The van der Waals surface area contributed by atoms with Crippen LogP contribution < -0.4 is 10.6 Å². The first-order valence-electron chi connectivity index (χ1n) is 7.02. The van der Waals surface area contributed by atoms with E-state index in [1.165, 1.54) is 12.1 Å². The third kappa shape index (κ3) is 6.79. The highest BCUT2D eigenvalue weighted by Crippen LogP contribution is 2.11. The van der Waals surface area contributed by atoms with Crippen LogP contribution in [0.3, 0.4) is 0 Å². The van der Waals surface area contributed by atoms with Crippen molar-refractivity contribution in [3.63, 3.8) is 0 Å². The van der Waals surface area contributed by atoms with Crippen molar-refractivity contribution in [2.24, 2.45) is 0 Å². The maximum Gasteiger partial charge on any atom is 0.321 e. The Balaban J connectivity index is 1.72. The fraction of sp³-hybridized carbons (Fsp3) is 0.357. The molecule has 0 bridgehead atoms. The Morgan fingerprint density at radius 3 is 3.08 bits per heavy atom. The van der Waals surface area contributed by atoms with E-state index in [2.05, 4.69) is 20.0 Å². The number of carbonyl (C=O) groups is 1. The number of hydrogen-bond donors (Lipinski definition) is 2. The topological polar surface area (TPSA) is 99.2 Å². The molecule has 2 amide bonds. The van der Waals surface area contributed by atoms with Crippen molar-refractivity contribution in [2.75, 3.05) is 23.9 Å². The summed E-state index contributed by atoms with van der Waals surface area (Å²) in [5, 5.41) is 5.50. The molecule has 2 rings (SSSR count). The molecule has 24 heavy (non-hydrogen) atoms. The van der Waals surface area contributed by atoms with Crippen molar-refractivity contribution >= 4 is 33.9 Å². The average Bonchev–Trinajstić information content (AvgIpc) is 2.97. The number of anilines is 1. The molecule has 1 unspecified atom stereocenters. The summed E-state index contributed by atoms with van der Waals surface area (Å²) in [6.45, 7) is 0.756. The van der Waals surface area contributed by atoms with E-state index in [-0.39, 0.29) is 19.0 Å². The van der Waals surface area contributed by atoms with Crippen molar-refractivity contribution in [3.05, 3.63) is 41.5 Å². The molecular formula is C14H17FN4O3S2. The van der Waals surface area contributed by atoms with Crippen LogP contribution in [0.4, 0.5) is 14.3 Å². The van der Waals surface area contributed by atoms with Crippen LogP contribution in [-0.2, 0) is 29.1 Å². The first-order valence-corrected chi connectivity index (χ1v) is 9.52. The van der Waals surface area contributed by atoms with Crippen LogP contribution in [0, 0.1) is 5.82 Å². The van der Waals surface area contributed by atoms with Crippen molar-refractivity contribution in [3.8, 4) is 0 Å². The summed E-state index contributed by atoms with van der Waals surface area (Å²) in [5.74, 6) is 0.551. The van der Waals surface area contributed by atoms with E-state index in [0.29, 0.717) is 28.9 Å². The number of halogens is 1. The molecule has 2 aromatic rings. The second kappa shape index (κ2) is 9.52. The van der Waals surface area contributed by atoms with E-state index in [1.54, 1.807) is 18.4 Å². The van der Waals surface area contributed by atoms with Gasteiger partial charge in [0.2, 0.25) is 5.13 Å². The summed E-state index contributed by atoms with van der Waals surface area (Å²) in [6, 6.07) is 5.53. The molecule has 0 saturated heterocycles. The van der Waals surface area contributed by atoms with E-state index >= 15 is 0 Å². The Kier molecular flexibility index (Phi) is 7.37. The van der Waals surface area contributed by atoms with Gasteiger partial charge in [-0.2, -0.15) is 4.37 Å². The van der Waals surface area contributed by atoms with Crippen LogP contribution in [0.5, 0.6) is 0 Å². The van der Waals surface area contributed by atoms with Crippen LogP contribution in [0.25, 0.3) is 0 Å². The Hall–Kier alpha value is -1.75. The largest absolute Gasteiger partial charge is 0.616 e. The van der Waals surface area contributed by atoms with Gasteiger partial charge in [-0.05, 0) is 17.7 Å². The lowest BCUT2D eigenvalue weighted by molar-refractivity contribution is 0.130. The van der Waals surface area contributed by atoms with Crippen molar-refractivity contribution < 1.29 is 18.5 Å². The summed E-state index contributed by atoms with van der Waals surface area (Å²) in [7, 11) is 0. The lowest BCUT2D eigenvalue weighted by Gasteiger charge is -2.05. The van der Waals surface area contributed by atoms with E-state index < -0.39 is 17.2 Å². The van der Waals surface area contributed by atoms with Crippen LogP contribution in [0.15, 0.2) is 24.3 Å². The van der Waals surface area contributed by atoms with E-state index in [9.17, 15) is 13.7 Å². The zero-order chi connectivity index (χ0) is 17.4. The summed E-state index contributed by atoms with van der Waals surface area (Å²) in [4.78, 5) is 15.9. The normalized spacial score (nSPS) is 12.0. The minimum Gasteiger partial charge on any atom is -0.616 e. The van der Waals surface area contributed by atoms with Crippen molar-refractivity contribution in [1.82, 2.24) is 14.7 Å². The fourth-order valence-electron chi connectivity index (χ4n) is 1.67. The summed E-state index contributed by atoms with van der Waals surface area (Å²) < 4.78 is 33.3. The molecule has 0 aliphatic heterocycles. The van der Waals surface area contributed by atoms with Gasteiger partial charge >= 0.3 is 6.03 Å². The first kappa shape index (κ1) is 18.6. The van der Waals surface area contributed by atoms with E-state index in [1.807, 2.05) is 0 Å². The van der Waals surface area contributed by atoms with E-state index in [4.69, 9.17) is 4.74 Å². The predicted octanol–water partition coefficient (Wildman–Crippen LogP) is 1.89. The lowest BCUT2D eigenvalue weighted by Crippen LogP contribution is -2.28. The molecule has 1 aromatic heterocycles. The van der Waals surface area contributed by atoms with Gasteiger partial charge in [0.25, 0.3) is 0 Å². The van der Waals surface area contributed by atoms with Gasteiger partial charge in [-0.1, -0.05) is 23.3 Å². The Morgan fingerprint density at radius 1 is 1.50 bits per heavy atom. The van der Waals surface area contributed by atoms with Crippen LogP contribution in [0.2, 0.25) is 0 Å². The van der Waals surface area contributed by atoms with Gasteiger partial charge in [0.1, 0.15) is 18.2 Å². The molecule has 1 heterocycles. The molecule has 130 valence electrons. The van der Waals surface area contributed by atoms with Crippen LogP contribution in [-0.4, -0.2) is 38.6 Å².